The Morgan fingerprint density at radius 2 is 2.00 bits per heavy atom. The van der Waals surface area contributed by atoms with Crippen LogP contribution < -0.4 is 5.32 Å². The van der Waals surface area contributed by atoms with E-state index in [0.29, 0.717) is 12.1 Å². The minimum atomic E-state index is 0.358. The second-order valence-corrected chi connectivity index (χ2v) is 5.09. The van der Waals surface area contributed by atoms with Gasteiger partial charge in [0.25, 0.3) is 0 Å². The fraction of sp³-hybridized carbons (Fsp3) is 0.538. The largest absolute Gasteiger partial charge is 0.307 e. The van der Waals surface area contributed by atoms with E-state index < -0.39 is 0 Å². The third kappa shape index (κ3) is 2.53. The van der Waals surface area contributed by atoms with Crippen LogP contribution in [0.1, 0.15) is 38.3 Å². The van der Waals surface area contributed by atoms with Crippen LogP contribution in [0.2, 0.25) is 5.02 Å². The van der Waals surface area contributed by atoms with Crippen molar-refractivity contribution in [2.24, 2.45) is 5.92 Å². The van der Waals surface area contributed by atoms with Gasteiger partial charge in [0.1, 0.15) is 0 Å². The summed E-state index contributed by atoms with van der Waals surface area (Å²) in [6.45, 7) is 4.49. The summed E-state index contributed by atoms with van der Waals surface area (Å²) in [5.41, 5.74) is 1.21. The standard InChI is InChI=1S/C13H18ClN/c1-9-7-11(8-9)15-10(2)12-5-3-4-6-13(12)14/h3-6,9-11,15H,7-8H2,1-2H3. The van der Waals surface area contributed by atoms with E-state index in [9.17, 15) is 0 Å². The van der Waals surface area contributed by atoms with Crippen LogP contribution in [0.15, 0.2) is 24.3 Å². The zero-order chi connectivity index (χ0) is 10.8. The van der Waals surface area contributed by atoms with Gasteiger partial charge in [-0.1, -0.05) is 36.7 Å². The Bertz CT molecular complexity index is 331. The molecule has 0 aliphatic heterocycles. The van der Waals surface area contributed by atoms with Crippen LogP contribution in [0.25, 0.3) is 0 Å². The van der Waals surface area contributed by atoms with Gasteiger partial charge in [0.2, 0.25) is 0 Å². The Balaban J connectivity index is 1.96. The highest BCUT2D eigenvalue weighted by molar-refractivity contribution is 6.31. The third-order valence-electron chi connectivity index (χ3n) is 3.23. The molecule has 0 amide bonds. The monoisotopic (exact) mass is 223 g/mol. The van der Waals surface area contributed by atoms with Gasteiger partial charge >= 0.3 is 0 Å². The molecule has 1 N–H and O–H groups in total. The van der Waals surface area contributed by atoms with Gasteiger partial charge in [0.05, 0.1) is 0 Å². The molecule has 1 aliphatic rings. The summed E-state index contributed by atoms with van der Waals surface area (Å²) >= 11 is 6.15. The fourth-order valence-electron chi connectivity index (χ4n) is 2.31. The molecule has 2 rings (SSSR count). The minimum Gasteiger partial charge on any atom is -0.307 e. The number of rotatable bonds is 3. The van der Waals surface area contributed by atoms with Crippen LogP contribution in [0, 0.1) is 5.92 Å². The first-order valence-electron chi connectivity index (χ1n) is 5.67. The maximum Gasteiger partial charge on any atom is 0.0453 e. The molecule has 0 radical (unpaired) electrons. The van der Waals surface area contributed by atoms with Gasteiger partial charge in [-0.2, -0.15) is 0 Å². The molecule has 1 nitrogen and oxygen atoms in total. The average molecular weight is 224 g/mol. The van der Waals surface area contributed by atoms with Crippen LogP contribution >= 0.6 is 11.6 Å². The zero-order valence-electron chi connectivity index (χ0n) is 9.33. The van der Waals surface area contributed by atoms with Crippen molar-refractivity contribution in [3.8, 4) is 0 Å². The lowest BCUT2D eigenvalue weighted by Crippen LogP contribution is -2.41. The van der Waals surface area contributed by atoms with Gasteiger partial charge in [-0.25, -0.2) is 0 Å². The summed E-state index contributed by atoms with van der Waals surface area (Å²) in [5.74, 6) is 0.890. The van der Waals surface area contributed by atoms with Crippen LogP contribution in [0.4, 0.5) is 0 Å². The molecular weight excluding hydrogens is 206 g/mol. The molecule has 1 aromatic carbocycles. The molecule has 1 aliphatic carbocycles. The Kier molecular flexibility index (Phi) is 3.32. The van der Waals surface area contributed by atoms with Crippen LogP contribution in [-0.4, -0.2) is 6.04 Å². The van der Waals surface area contributed by atoms with E-state index in [4.69, 9.17) is 11.6 Å². The molecule has 1 fully saturated rings. The molecule has 0 saturated heterocycles. The van der Waals surface area contributed by atoms with E-state index >= 15 is 0 Å². The lowest BCUT2D eigenvalue weighted by molar-refractivity contribution is 0.226. The van der Waals surface area contributed by atoms with Crippen molar-refractivity contribution in [3.05, 3.63) is 34.9 Å². The van der Waals surface area contributed by atoms with E-state index in [0.717, 1.165) is 10.9 Å². The Hall–Kier alpha value is -0.530. The van der Waals surface area contributed by atoms with E-state index in [2.05, 4.69) is 25.2 Å². The number of halogens is 1. The van der Waals surface area contributed by atoms with Crippen molar-refractivity contribution in [2.75, 3.05) is 0 Å². The first-order valence-corrected chi connectivity index (χ1v) is 6.05. The van der Waals surface area contributed by atoms with E-state index in [1.165, 1.54) is 18.4 Å². The minimum absolute atomic E-state index is 0.358. The first-order chi connectivity index (χ1) is 7.16. The summed E-state index contributed by atoms with van der Waals surface area (Å²) in [7, 11) is 0. The van der Waals surface area contributed by atoms with E-state index in [1.54, 1.807) is 0 Å². The molecule has 0 spiro atoms. The van der Waals surface area contributed by atoms with Crippen molar-refractivity contribution in [1.29, 1.82) is 0 Å². The molecule has 15 heavy (non-hydrogen) atoms. The third-order valence-corrected chi connectivity index (χ3v) is 3.58. The van der Waals surface area contributed by atoms with Gasteiger partial charge < -0.3 is 5.32 Å². The lowest BCUT2D eigenvalue weighted by atomic mass is 9.81. The average Bonchev–Trinajstić information content (AvgIpc) is 2.16. The normalized spacial score (nSPS) is 27.1. The molecule has 2 heteroatoms. The summed E-state index contributed by atoms with van der Waals surface area (Å²) in [5, 5.41) is 4.49. The van der Waals surface area contributed by atoms with Gasteiger partial charge in [-0.15, -0.1) is 0 Å². The molecule has 0 heterocycles. The van der Waals surface area contributed by atoms with Crippen molar-refractivity contribution in [2.45, 2.75) is 38.8 Å². The van der Waals surface area contributed by atoms with Crippen molar-refractivity contribution < 1.29 is 0 Å². The van der Waals surface area contributed by atoms with Crippen LogP contribution in [0.5, 0.6) is 0 Å². The highest BCUT2D eigenvalue weighted by Gasteiger charge is 2.26. The lowest BCUT2D eigenvalue weighted by Gasteiger charge is -2.36. The number of nitrogens with one attached hydrogen (secondary N) is 1. The molecule has 0 aromatic heterocycles. The Morgan fingerprint density at radius 1 is 1.33 bits per heavy atom. The Morgan fingerprint density at radius 3 is 2.60 bits per heavy atom. The molecule has 1 unspecified atom stereocenters. The summed E-state index contributed by atoms with van der Waals surface area (Å²) < 4.78 is 0. The fourth-order valence-corrected chi connectivity index (χ4v) is 2.61. The van der Waals surface area contributed by atoms with Gasteiger partial charge in [0, 0.05) is 17.1 Å². The molecular formula is C13H18ClN. The second-order valence-electron chi connectivity index (χ2n) is 4.68. The summed E-state index contributed by atoms with van der Waals surface area (Å²) in [6, 6.07) is 9.12. The highest BCUT2D eigenvalue weighted by atomic mass is 35.5. The molecule has 0 bridgehead atoms. The molecule has 1 saturated carbocycles. The smallest absolute Gasteiger partial charge is 0.0453 e. The predicted molar refractivity (Wildman–Crippen MR) is 65.2 cm³/mol. The van der Waals surface area contributed by atoms with Crippen molar-refractivity contribution in [1.82, 2.24) is 5.32 Å². The quantitative estimate of drug-likeness (QED) is 0.822. The van der Waals surface area contributed by atoms with Crippen molar-refractivity contribution >= 4 is 11.6 Å². The molecule has 82 valence electrons. The second kappa shape index (κ2) is 4.54. The molecule has 1 aromatic rings. The maximum atomic E-state index is 6.15. The van der Waals surface area contributed by atoms with Crippen molar-refractivity contribution in [3.63, 3.8) is 0 Å². The zero-order valence-corrected chi connectivity index (χ0v) is 10.1. The topological polar surface area (TPSA) is 12.0 Å². The number of hydrogen-bond acceptors (Lipinski definition) is 1. The molecule has 1 atom stereocenters. The van der Waals surface area contributed by atoms with Gasteiger partial charge in [-0.05, 0) is 37.3 Å². The first kappa shape index (κ1) is 11.0. The maximum absolute atomic E-state index is 6.15. The van der Waals surface area contributed by atoms with Crippen LogP contribution in [-0.2, 0) is 0 Å². The number of hydrogen-bond donors (Lipinski definition) is 1. The summed E-state index contributed by atoms with van der Waals surface area (Å²) in [4.78, 5) is 0. The van der Waals surface area contributed by atoms with Gasteiger partial charge in [0.15, 0.2) is 0 Å². The van der Waals surface area contributed by atoms with E-state index in [1.807, 2.05) is 18.2 Å². The van der Waals surface area contributed by atoms with Crippen LogP contribution in [0.3, 0.4) is 0 Å². The summed E-state index contributed by atoms with van der Waals surface area (Å²) in [6.07, 6.45) is 2.60. The SMILES string of the molecule is CC1CC(NC(C)c2ccccc2Cl)C1. The van der Waals surface area contributed by atoms with Gasteiger partial charge in [-0.3, -0.25) is 0 Å². The van der Waals surface area contributed by atoms with E-state index in [-0.39, 0.29) is 0 Å². The predicted octanol–water partition coefficient (Wildman–Crippen LogP) is 3.79. The number of benzene rings is 1. The highest BCUT2D eigenvalue weighted by Crippen LogP contribution is 2.30. The Labute approximate surface area is 96.8 Å².